The molecule has 0 saturated carbocycles. The molecule has 284 valence electrons. The van der Waals surface area contributed by atoms with Crippen LogP contribution < -0.4 is 0 Å². The van der Waals surface area contributed by atoms with Crippen molar-refractivity contribution < 1.29 is 45.4 Å². The third-order valence-electron chi connectivity index (χ3n) is 9.91. The minimum atomic E-state index is -5.70. The number of alkyl halides is 6. The summed E-state index contributed by atoms with van der Waals surface area (Å²) < 4.78 is 105. The summed E-state index contributed by atoms with van der Waals surface area (Å²) in [5.41, 5.74) is 0.0332. The van der Waals surface area contributed by atoms with E-state index in [0.717, 1.165) is 53.9 Å². The van der Waals surface area contributed by atoms with Gasteiger partial charge in [0.15, 0.2) is 5.78 Å². The van der Waals surface area contributed by atoms with Crippen molar-refractivity contribution in [2.24, 2.45) is 0 Å². The number of hydrogen-bond acceptors (Lipinski definition) is 6. The molecule has 7 rings (SSSR count). The second kappa shape index (κ2) is 15.0. The molecule has 0 saturated heterocycles. The van der Waals surface area contributed by atoms with Crippen molar-refractivity contribution in [2.45, 2.75) is 50.4 Å². The van der Waals surface area contributed by atoms with Gasteiger partial charge in [-0.3, -0.25) is 4.79 Å². The van der Waals surface area contributed by atoms with Gasteiger partial charge in [0.1, 0.15) is 0 Å². The summed E-state index contributed by atoms with van der Waals surface area (Å²) in [5.74, 6) is -16.7. The number of methoxy groups -OCH3 is 1. The topological polar surface area (TPSA) is 52.6 Å². The Labute approximate surface area is 321 Å². The number of Topliss-reactive ketones (excluding diaryl/α,β-unsaturated/α-hetero) is 1. The van der Waals surface area contributed by atoms with Gasteiger partial charge in [0.25, 0.3) is 0 Å². The molecule has 2 aromatic heterocycles. The van der Waals surface area contributed by atoms with Crippen molar-refractivity contribution >= 4 is 65.7 Å². The van der Waals surface area contributed by atoms with Crippen LogP contribution in [-0.4, -0.2) is 49.8 Å². The summed E-state index contributed by atoms with van der Waals surface area (Å²) >= 11 is 1.97. The first-order chi connectivity index (χ1) is 26.3. The predicted molar refractivity (Wildman–Crippen MR) is 207 cm³/mol. The lowest BCUT2D eigenvalue weighted by atomic mass is 9.93. The maximum atomic E-state index is 15.9. The summed E-state index contributed by atoms with van der Waals surface area (Å²) in [6.07, 6.45) is 3.57. The number of halogens is 6. The van der Waals surface area contributed by atoms with E-state index >= 15 is 26.3 Å². The minimum Gasteiger partial charge on any atom is -0.462 e. The average Bonchev–Trinajstić information content (AvgIpc) is 3.81. The van der Waals surface area contributed by atoms with E-state index < -0.39 is 34.9 Å². The molecular weight excluding hydrogens is 759 g/mol. The van der Waals surface area contributed by atoms with Gasteiger partial charge in [-0.15, -0.1) is 22.7 Å². The van der Waals surface area contributed by atoms with Crippen molar-refractivity contribution in [2.75, 3.05) is 20.3 Å². The van der Waals surface area contributed by atoms with E-state index in [1.807, 2.05) is 0 Å². The fourth-order valence-corrected chi connectivity index (χ4v) is 8.86. The number of hydrogen-bond donors (Lipinski definition) is 0. The van der Waals surface area contributed by atoms with E-state index in [9.17, 15) is 9.59 Å². The van der Waals surface area contributed by atoms with Gasteiger partial charge >= 0.3 is 23.7 Å². The fraction of sp³-hybridized carbons (Fsp3) is 0.256. The Hall–Kier alpha value is -4.78. The number of unbranched alkanes of at least 4 members (excludes halogenated alkanes) is 3. The van der Waals surface area contributed by atoms with Crippen LogP contribution in [0.25, 0.3) is 53.6 Å². The van der Waals surface area contributed by atoms with Crippen molar-refractivity contribution in [1.29, 1.82) is 0 Å². The first-order valence-corrected chi connectivity index (χ1v) is 19.3. The number of rotatable bonds is 13. The Balaban J connectivity index is 1.20. The SMILES string of the molecule is COCCCCCCOC(=O)c1ccc(-c2ccc3c(C4=C(c5csc6cc(-c7ccc(C(C)=O)cc7)ccc56)C(F)(F)C(F)(F)C4(F)F)csc3c2)cc1. The lowest BCUT2D eigenvalue weighted by molar-refractivity contribution is -0.254. The van der Waals surface area contributed by atoms with Crippen LogP contribution in [0.2, 0.25) is 0 Å². The van der Waals surface area contributed by atoms with Gasteiger partial charge < -0.3 is 9.47 Å². The predicted octanol–water partition coefficient (Wildman–Crippen LogP) is 12.8. The normalized spacial score (nSPS) is 15.9. The number of ketones is 1. The summed E-state index contributed by atoms with van der Waals surface area (Å²) in [5, 5.41) is 2.72. The summed E-state index contributed by atoms with van der Waals surface area (Å²) in [6.45, 7) is 2.43. The number of allylic oxidation sites excluding steroid dienone is 2. The fourth-order valence-electron chi connectivity index (χ4n) is 6.88. The van der Waals surface area contributed by atoms with Crippen LogP contribution in [-0.2, 0) is 9.47 Å². The van der Waals surface area contributed by atoms with Crippen molar-refractivity contribution in [3.8, 4) is 22.3 Å². The number of carbonyl (C=O) groups is 2. The number of esters is 1. The van der Waals surface area contributed by atoms with Gasteiger partial charge in [0.05, 0.1) is 12.2 Å². The first-order valence-electron chi connectivity index (χ1n) is 17.6. The van der Waals surface area contributed by atoms with Crippen molar-refractivity contribution in [3.05, 3.63) is 118 Å². The molecule has 0 atom stereocenters. The van der Waals surface area contributed by atoms with Gasteiger partial charge in [-0.1, -0.05) is 67.1 Å². The molecule has 6 aromatic rings. The Bertz CT molecular complexity index is 2430. The van der Waals surface area contributed by atoms with E-state index in [-0.39, 0.29) is 27.7 Å². The molecule has 0 aliphatic heterocycles. The van der Waals surface area contributed by atoms with E-state index in [0.29, 0.717) is 50.4 Å². The lowest BCUT2D eigenvalue weighted by Crippen LogP contribution is -2.48. The van der Waals surface area contributed by atoms with Crippen molar-refractivity contribution in [1.82, 2.24) is 0 Å². The summed E-state index contributed by atoms with van der Waals surface area (Å²) in [4.78, 5) is 24.2. The van der Waals surface area contributed by atoms with Crippen LogP contribution in [0.15, 0.2) is 95.7 Å². The number of carbonyl (C=O) groups excluding carboxylic acids is 2. The highest BCUT2D eigenvalue weighted by atomic mass is 32.1. The van der Waals surface area contributed by atoms with E-state index in [4.69, 9.17) is 9.47 Å². The molecule has 0 unspecified atom stereocenters. The van der Waals surface area contributed by atoms with Crippen LogP contribution in [0.4, 0.5) is 26.3 Å². The molecule has 0 bridgehead atoms. The zero-order valence-corrected chi connectivity index (χ0v) is 31.3. The van der Waals surface area contributed by atoms with Gasteiger partial charge in [0.2, 0.25) is 0 Å². The van der Waals surface area contributed by atoms with E-state index in [1.165, 1.54) is 29.8 Å². The molecule has 0 spiro atoms. The van der Waals surface area contributed by atoms with Crippen molar-refractivity contribution in [3.63, 3.8) is 0 Å². The Kier molecular flexibility index (Phi) is 10.5. The number of fused-ring (bicyclic) bond motifs is 2. The minimum absolute atomic E-state index is 0.111. The quantitative estimate of drug-likeness (QED) is 0.0506. The molecule has 12 heteroatoms. The first kappa shape index (κ1) is 38.5. The summed E-state index contributed by atoms with van der Waals surface area (Å²) in [7, 11) is 1.65. The standard InChI is InChI=1S/C43H34F6O4S2/c1-25(50)26-7-9-27(10-8-26)30-15-17-32-34(23-54-36(32)21-30)38-39(42(46,47)43(48,49)41(38,44)45)35-24-55-37-22-31(16-18-33(35)37)28-11-13-29(14-12-28)40(51)53-20-6-4-3-5-19-52-2/h7-18,21-24H,3-6,19-20H2,1-2H3. The second-order valence-corrected chi connectivity index (χ2v) is 15.3. The number of benzene rings is 4. The molecular formula is C43H34F6O4S2. The molecule has 1 aliphatic carbocycles. The van der Waals surface area contributed by atoms with Gasteiger partial charge in [-0.25, -0.2) is 4.79 Å². The smallest absolute Gasteiger partial charge is 0.380 e. The molecule has 4 aromatic carbocycles. The summed E-state index contributed by atoms with van der Waals surface area (Å²) in [6, 6.07) is 22.9. The van der Waals surface area contributed by atoms with Crippen LogP contribution in [0.1, 0.15) is 64.4 Å². The van der Waals surface area contributed by atoms with Crippen LogP contribution in [0, 0.1) is 0 Å². The molecule has 0 N–H and O–H groups in total. The molecule has 1 aliphatic rings. The van der Waals surface area contributed by atoms with E-state index in [2.05, 4.69) is 0 Å². The van der Waals surface area contributed by atoms with Crippen LogP contribution in [0.5, 0.6) is 0 Å². The molecule has 0 radical (unpaired) electrons. The largest absolute Gasteiger partial charge is 0.462 e. The maximum absolute atomic E-state index is 15.9. The molecule has 4 nitrogen and oxygen atoms in total. The molecule has 55 heavy (non-hydrogen) atoms. The average molecular weight is 793 g/mol. The molecule has 0 amide bonds. The highest BCUT2D eigenvalue weighted by molar-refractivity contribution is 7.18. The highest BCUT2D eigenvalue weighted by Gasteiger charge is 2.80. The third-order valence-corrected chi connectivity index (χ3v) is 11.8. The Morgan fingerprint density at radius 3 is 1.47 bits per heavy atom. The van der Waals surface area contributed by atoms with E-state index in [1.54, 1.807) is 79.9 Å². The van der Waals surface area contributed by atoms with Gasteiger partial charge in [-0.05, 0) is 83.5 Å². The van der Waals surface area contributed by atoms with Crippen LogP contribution >= 0.6 is 22.7 Å². The maximum Gasteiger partial charge on any atom is 0.380 e. The molecule has 2 heterocycles. The third kappa shape index (κ3) is 6.89. The second-order valence-electron chi connectivity index (χ2n) is 13.4. The number of thiophene rings is 2. The zero-order valence-electron chi connectivity index (χ0n) is 29.7. The van der Waals surface area contributed by atoms with Gasteiger partial charge in [-0.2, -0.15) is 26.3 Å². The zero-order chi connectivity index (χ0) is 39.1. The number of ether oxygens (including phenoxy) is 2. The Morgan fingerprint density at radius 1 is 0.582 bits per heavy atom. The molecule has 0 fully saturated rings. The van der Waals surface area contributed by atoms with Crippen LogP contribution in [0.3, 0.4) is 0 Å². The lowest BCUT2D eigenvalue weighted by Gasteiger charge is -2.25. The van der Waals surface area contributed by atoms with Gasteiger partial charge in [0, 0.05) is 61.7 Å². The Morgan fingerprint density at radius 2 is 1.02 bits per heavy atom. The highest BCUT2D eigenvalue weighted by Crippen LogP contribution is 2.66. The monoisotopic (exact) mass is 792 g/mol.